The highest BCUT2D eigenvalue weighted by Gasteiger charge is 2.05. The predicted molar refractivity (Wildman–Crippen MR) is 62.5 cm³/mol. The number of pyridine rings is 2. The summed E-state index contributed by atoms with van der Waals surface area (Å²) >= 11 is 0. The highest BCUT2D eigenvalue weighted by molar-refractivity contribution is 6.08. The molecule has 0 aliphatic rings. The average Bonchev–Trinajstić information content (AvgIpc) is 2.25. The fourth-order valence-electron chi connectivity index (χ4n) is 2.06. The Kier molecular flexibility index (Phi) is 1.54. The third kappa shape index (κ3) is 1.05. The van der Waals surface area contributed by atoms with Crippen LogP contribution in [0.4, 0.5) is 0 Å². The lowest BCUT2D eigenvalue weighted by molar-refractivity contribution is 1.28. The normalized spacial score (nSPS) is 11.3. The van der Waals surface area contributed by atoms with Gasteiger partial charge in [-0.15, -0.1) is 0 Å². The summed E-state index contributed by atoms with van der Waals surface area (Å²) in [6.07, 6.45) is 3.74. The van der Waals surface area contributed by atoms with Crippen LogP contribution in [0.2, 0.25) is 0 Å². The van der Waals surface area contributed by atoms with E-state index in [0.717, 1.165) is 27.2 Å². The predicted octanol–water partition coefficient (Wildman–Crippen LogP) is 2.22. The van der Waals surface area contributed by atoms with Gasteiger partial charge in [-0.05, 0) is 18.6 Å². The molecule has 1 aromatic carbocycles. The zero-order valence-electron chi connectivity index (χ0n) is 8.49. The maximum absolute atomic E-state index is 4.42. The fraction of sp³-hybridized carbons (Fsp3) is 0.0769. The molecule has 2 heteroatoms. The minimum Gasteiger partial charge on any atom is -0.256 e. The summed E-state index contributed by atoms with van der Waals surface area (Å²) in [6, 6.07) is 6.08. The van der Waals surface area contributed by atoms with Crippen molar-refractivity contribution in [1.29, 1.82) is 0 Å². The molecule has 0 spiro atoms. The second-order valence-electron chi connectivity index (χ2n) is 3.76. The lowest BCUT2D eigenvalue weighted by atomic mass is 10.0. The Balaban J connectivity index is 2.79. The molecule has 2 heterocycles. The molecule has 0 amide bonds. The molecule has 15 heavy (non-hydrogen) atoms. The van der Waals surface area contributed by atoms with Crippen LogP contribution in [0.3, 0.4) is 0 Å². The molecule has 0 saturated heterocycles. The van der Waals surface area contributed by atoms with Gasteiger partial charge in [0.2, 0.25) is 0 Å². The van der Waals surface area contributed by atoms with Gasteiger partial charge in [0, 0.05) is 28.6 Å². The Labute approximate surface area is 87.3 Å². The summed E-state index contributed by atoms with van der Waals surface area (Å²) < 4.78 is 0. The van der Waals surface area contributed by atoms with Crippen LogP contribution in [0.25, 0.3) is 28.3 Å². The molecular weight excluding hydrogens is 184 g/mol. The van der Waals surface area contributed by atoms with Gasteiger partial charge in [-0.2, -0.15) is 0 Å². The first kappa shape index (κ1) is 8.36. The summed E-state index contributed by atoms with van der Waals surface area (Å²) in [5.41, 5.74) is 2.15. The van der Waals surface area contributed by atoms with E-state index in [4.69, 9.17) is 0 Å². The van der Waals surface area contributed by atoms with E-state index in [0.29, 0.717) is 0 Å². The maximum atomic E-state index is 4.42. The SMILES string of the molecule is C=c1ncc2cccc3ncc(C)c1c23. The first-order chi connectivity index (χ1) is 7.27. The summed E-state index contributed by atoms with van der Waals surface area (Å²) in [6.45, 7) is 6.02. The number of hydrogen-bond acceptors (Lipinski definition) is 2. The van der Waals surface area contributed by atoms with Gasteiger partial charge in [-0.25, -0.2) is 0 Å². The van der Waals surface area contributed by atoms with E-state index in [9.17, 15) is 0 Å². The van der Waals surface area contributed by atoms with Gasteiger partial charge >= 0.3 is 0 Å². The van der Waals surface area contributed by atoms with E-state index in [1.54, 1.807) is 0 Å². The van der Waals surface area contributed by atoms with Gasteiger partial charge in [-0.1, -0.05) is 18.7 Å². The Morgan fingerprint density at radius 1 is 1.07 bits per heavy atom. The first-order valence-corrected chi connectivity index (χ1v) is 4.89. The molecule has 2 nitrogen and oxygen atoms in total. The van der Waals surface area contributed by atoms with Crippen molar-refractivity contribution >= 4 is 28.3 Å². The summed E-state index contributed by atoms with van der Waals surface area (Å²) in [4.78, 5) is 8.73. The van der Waals surface area contributed by atoms with Crippen LogP contribution in [0, 0.1) is 6.92 Å². The second-order valence-corrected chi connectivity index (χ2v) is 3.76. The minimum absolute atomic E-state index is 0.832. The molecule has 72 valence electrons. The van der Waals surface area contributed by atoms with E-state index in [2.05, 4.69) is 22.6 Å². The monoisotopic (exact) mass is 194 g/mol. The molecule has 0 saturated carbocycles. The van der Waals surface area contributed by atoms with Gasteiger partial charge in [0.25, 0.3) is 0 Å². The number of rotatable bonds is 0. The van der Waals surface area contributed by atoms with Gasteiger partial charge in [0.15, 0.2) is 0 Å². The van der Waals surface area contributed by atoms with E-state index in [1.807, 2.05) is 31.5 Å². The van der Waals surface area contributed by atoms with Crippen LogP contribution in [0.1, 0.15) is 5.56 Å². The Bertz CT molecular complexity index is 685. The van der Waals surface area contributed by atoms with Crippen molar-refractivity contribution in [3.05, 3.63) is 41.5 Å². The summed E-state index contributed by atoms with van der Waals surface area (Å²) in [7, 11) is 0. The van der Waals surface area contributed by atoms with Crippen LogP contribution >= 0.6 is 0 Å². The first-order valence-electron chi connectivity index (χ1n) is 4.89. The van der Waals surface area contributed by atoms with Crippen molar-refractivity contribution < 1.29 is 0 Å². The summed E-state index contributed by atoms with van der Waals surface area (Å²) in [5, 5.41) is 4.28. The molecule has 0 aliphatic heterocycles. The quantitative estimate of drug-likeness (QED) is 0.548. The lowest BCUT2D eigenvalue weighted by Gasteiger charge is -2.06. The minimum atomic E-state index is 0.832. The van der Waals surface area contributed by atoms with Crippen molar-refractivity contribution in [1.82, 2.24) is 9.97 Å². The molecule has 0 atom stereocenters. The van der Waals surface area contributed by atoms with Crippen molar-refractivity contribution in [2.75, 3.05) is 0 Å². The van der Waals surface area contributed by atoms with Gasteiger partial charge in [-0.3, -0.25) is 9.97 Å². The highest BCUT2D eigenvalue weighted by Crippen LogP contribution is 2.23. The Hall–Kier alpha value is -1.96. The largest absolute Gasteiger partial charge is 0.256 e. The fourth-order valence-corrected chi connectivity index (χ4v) is 2.06. The van der Waals surface area contributed by atoms with Crippen molar-refractivity contribution in [2.24, 2.45) is 0 Å². The number of nitrogens with zero attached hydrogens (tertiary/aromatic N) is 2. The third-order valence-electron chi connectivity index (χ3n) is 2.76. The number of benzene rings is 1. The molecule has 2 aromatic heterocycles. The van der Waals surface area contributed by atoms with E-state index < -0.39 is 0 Å². The lowest BCUT2D eigenvalue weighted by Crippen LogP contribution is -2.07. The Morgan fingerprint density at radius 2 is 1.93 bits per heavy atom. The van der Waals surface area contributed by atoms with E-state index in [-0.39, 0.29) is 0 Å². The Morgan fingerprint density at radius 3 is 2.80 bits per heavy atom. The summed E-state index contributed by atoms with van der Waals surface area (Å²) in [5.74, 6) is 0. The smallest absolute Gasteiger partial charge is 0.0715 e. The van der Waals surface area contributed by atoms with E-state index >= 15 is 0 Å². The molecule has 3 aromatic rings. The topological polar surface area (TPSA) is 25.8 Å². The van der Waals surface area contributed by atoms with Gasteiger partial charge in [0.1, 0.15) is 0 Å². The number of aryl methyl sites for hydroxylation is 1. The maximum Gasteiger partial charge on any atom is 0.0715 e. The van der Waals surface area contributed by atoms with E-state index in [1.165, 1.54) is 5.39 Å². The van der Waals surface area contributed by atoms with Crippen LogP contribution in [0.5, 0.6) is 0 Å². The van der Waals surface area contributed by atoms with Crippen LogP contribution in [-0.2, 0) is 0 Å². The molecule has 0 bridgehead atoms. The zero-order valence-corrected chi connectivity index (χ0v) is 8.49. The molecule has 0 fully saturated rings. The van der Waals surface area contributed by atoms with Crippen LogP contribution in [0.15, 0.2) is 30.6 Å². The molecule has 3 rings (SSSR count). The third-order valence-corrected chi connectivity index (χ3v) is 2.76. The molecule has 0 aliphatic carbocycles. The molecule has 0 unspecified atom stereocenters. The van der Waals surface area contributed by atoms with Gasteiger partial charge < -0.3 is 0 Å². The highest BCUT2D eigenvalue weighted by atomic mass is 14.7. The number of hydrogen-bond donors (Lipinski definition) is 0. The van der Waals surface area contributed by atoms with Crippen LogP contribution < -0.4 is 5.35 Å². The molecular formula is C13H10N2. The van der Waals surface area contributed by atoms with Crippen molar-refractivity contribution in [2.45, 2.75) is 6.92 Å². The molecule has 0 radical (unpaired) electrons. The number of aromatic nitrogens is 2. The van der Waals surface area contributed by atoms with Crippen molar-refractivity contribution in [3.63, 3.8) is 0 Å². The standard InChI is InChI=1S/C13H10N2/c1-8-6-15-11-5-3-4-10-7-14-9(2)12(8)13(10)11/h3-7H,2H2,1H3. The average molecular weight is 194 g/mol. The van der Waals surface area contributed by atoms with Gasteiger partial charge in [0.05, 0.1) is 10.9 Å². The second kappa shape index (κ2) is 2.76. The molecule has 0 N–H and O–H groups in total. The van der Waals surface area contributed by atoms with Crippen LogP contribution in [-0.4, -0.2) is 9.97 Å². The van der Waals surface area contributed by atoms with Crippen molar-refractivity contribution in [3.8, 4) is 0 Å². The zero-order chi connectivity index (χ0) is 10.4.